The Morgan fingerprint density at radius 1 is 1.20 bits per heavy atom. The Hall–Kier alpha value is -2.15. The van der Waals surface area contributed by atoms with E-state index in [1.54, 1.807) is 36.5 Å². The van der Waals surface area contributed by atoms with Gasteiger partial charge in [-0.1, -0.05) is 12.1 Å². The molecule has 0 saturated carbocycles. The second kappa shape index (κ2) is 5.87. The van der Waals surface area contributed by atoms with E-state index in [0.29, 0.717) is 23.2 Å². The topological polar surface area (TPSA) is 98.0 Å². The molecular weight excluding hydrogens is 276 g/mol. The Kier molecular flexibility index (Phi) is 4.19. The van der Waals surface area contributed by atoms with Crippen molar-refractivity contribution in [1.29, 1.82) is 0 Å². The molecule has 0 fully saturated rings. The predicted molar refractivity (Wildman–Crippen MR) is 78.2 cm³/mol. The first-order valence-electron chi connectivity index (χ1n) is 6.06. The van der Waals surface area contributed by atoms with Crippen molar-refractivity contribution in [1.82, 2.24) is 9.97 Å². The van der Waals surface area contributed by atoms with E-state index >= 15 is 0 Å². The van der Waals surface area contributed by atoms with Gasteiger partial charge in [0.2, 0.25) is 5.95 Å². The molecule has 0 radical (unpaired) electrons. The van der Waals surface area contributed by atoms with Crippen LogP contribution in [0.5, 0.6) is 0 Å². The number of nitrogens with one attached hydrogen (secondary N) is 1. The van der Waals surface area contributed by atoms with E-state index in [1.807, 2.05) is 0 Å². The molecule has 1 aromatic heterocycles. The Bertz CT molecular complexity index is 684. The van der Waals surface area contributed by atoms with Crippen LogP contribution in [0, 0.1) is 0 Å². The summed E-state index contributed by atoms with van der Waals surface area (Å²) in [5.74, 6) is 0.901. The van der Waals surface area contributed by atoms with Crippen molar-refractivity contribution in [2.45, 2.75) is 11.3 Å². The Morgan fingerprint density at radius 2 is 1.90 bits per heavy atom. The molecule has 0 spiro atoms. The van der Waals surface area contributed by atoms with E-state index < -0.39 is 9.84 Å². The van der Waals surface area contributed by atoms with Gasteiger partial charge in [0.15, 0.2) is 9.84 Å². The fraction of sp³-hybridized carbons (Fsp3) is 0.231. The summed E-state index contributed by atoms with van der Waals surface area (Å²) in [6.45, 7) is 0.641. The van der Waals surface area contributed by atoms with E-state index in [4.69, 9.17) is 5.73 Å². The summed E-state index contributed by atoms with van der Waals surface area (Å²) in [5, 5.41) is 3.06. The van der Waals surface area contributed by atoms with Crippen LogP contribution in [0.25, 0.3) is 0 Å². The number of nitrogens with two attached hydrogens (primary N) is 1. The van der Waals surface area contributed by atoms with Gasteiger partial charge in [-0.3, -0.25) is 0 Å². The molecule has 1 aromatic carbocycles. The fourth-order valence-corrected chi connectivity index (χ4v) is 2.31. The molecule has 2 aromatic rings. The van der Waals surface area contributed by atoms with Gasteiger partial charge < -0.3 is 11.1 Å². The molecule has 3 N–H and O–H groups in total. The molecule has 20 heavy (non-hydrogen) atoms. The zero-order chi connectivity index (χ0) is 14.6. The summed E-state index contributed by atoms with van der Waals surface area (Å²) < 4.78 is 22.7. The minimum Gasteiger partial charge on any atom is -0.384 e. The second-order valence-corrected chi connectivity index (χ2v) is 6.41. The van der Waals surface area contributed by atoms with Crippen molar-refractivity contribution in [3.8, 4) is 0 Å². The standard InChI is InChI=1S/C13H16N4O2S/c1-20(18,19)11-4-2-10(3-5-11)6-8-15-13-16-9-7-12(14)17-13/h2-5,7,9H,6,8H2,1H3,(H3,14,15,16,17). The van der Waals surface area contributed by atoms with E-state index in [-0.39, 0.29) is 0 Å². The Balaban J connectivity index is 1.92. The smallest absolute Gasteiger partial charge is 0.224 e. The lowest BCUT2D eigenvalue weighted by molar-refractivity contribution is 0.602. The molecule has 0 aliphatic carbocycles. The van der Waals surface area contributed by atoms with Crippen LogP contribution in [0.4, 0.5) is 11.8 Å². The van der Waals surface area contributed by atoms with Crippen LogP contribution in [-0.4, -0.2) is 31.2 Å². The van der Waals surface area contributed by atoms with Gasteiger partial charge in [-0.2, -0.15) is 4.98 Å². The van der Waals surface area contributed by atoms with Crippen LogP contribution in [-0.2, 0) is 16.3 Å². The first-order chi connectivity index (χ1) is 9.45. The summed E-state index contributed by atoms with van der Waals surface area (Å²) in [6, 6.07) is 8.45. The normalized spacial score (nSPS) is 11.2. The van der Waals surface area contributed by atoms with Crippen molar-refractivity contribution in [2.24, 2.45) is 0 Å². The molecule has 0 bridgehead atoms. The minimum atomic E-state index is -3.14. The second-order valence-electron chi connectivity index (χ2n) is 4.40. The van der Waals surface area contributed by atoms with Gasteiger partial charge in [-0.25, -0.2) is 13.4 Å². The van der Waals surface area contributed by atoms with E-state index in [2.05, 4.69) is 15.3 Å². The fourth-order valence-electron chi connectivity index (χ4n) is 1.68. The molecule has 2 rings (SSSR count). The van der Waals surface area contributed by atoms with Gasteiger partial charge in [-0.05, 0) is 30.2 Å². The van der Waals surface area contributed by atoms with Crippen molar-refractivity contribution in [2.75, 3.05) is 23.9 Å². The highest BCUT2D eigenvalue weighted by molar-refractivity contribution is 7.90. The maximum atomic E-state index is 11.3. The third-order valence-electron chi connectivity index (χ3n) is 2.73. The van der Waals surface area contributed by atoms with Gasteiger partial charge in [0, 0.05) is 19.0 Å². The quantitative estimate of drug-likeness (QED) is 0.857. The summed E-state index contributed by atoms with van der Waals surface area (Å²) >= 11 is 0. The van der Waals surface area contributed by atoms with Crippen LogP contribution < -0.4 is 11.1 Å². The summed E-state index contributed by atoms with van der Waals surface area (Å²) in [5.41, 5.74) is 6.59. The number of hydrogen-bond donors (Lipinski definition) is 2. The van der Waals surface area contributed by atoms with E-state index in [9.17, 15) is 8.42 Å². The lowest BCUT2D eigenvalue weighted by atomic mass is 10.1. The van der Waals surface area contributed by atoms with E-state index in [0.717, 1.165) is 12.0 Å². The molecule has 0 saturated heterocycles. The number of rotatable bonds is 5. The van der Waals surface area contributed by atoms with Crippen LogP contribution in [0.15, 0.2) is 41.4 Å². The molecule has 1 heterocycles. The molecule has 0 unspecified atom stereocenters. The van der Waals surface area contributed by atoms with Crippen molar-refractivity contribution < 1.29 is 8.42 Å². The van der Waals surface area contributed by atoms with Crippen LogP contribution >= 0.6 is 0 Å². The zero-order valence-electron chi connectivity index (χ0n) is 11.1. The van der Waals surface area contributed by atoms with Gasteiger partial charge in [0.05, 0.1) is 4.90 Å². The highest BCUT2D eigenvalue weighted by Crippen LogP contribution is 2.11. The lowest BCUT2D eigenvalue weighted by Gasteiger charge is -2.06. The summed E-state index contributed by atoms with van der Waals surface area (Å²) in [4.78, 5) is 8.39. The molecule has 0 amide bonds. The van der Waals surface area contributed by atoms with Crippen LogP contribution in [0.2, 0.25) is 0 Å². The first kappa shape index (κ1) is 14.3. The number of sulfone groups is 1. The number of nitrogens with zero attached hydrogens (tertiary/aromatic N) is 2. The third kappa shape index (κ3) is 3.92. The first-order valence-corrected chi connectivity index (χ1v) is 7.96. The average Bonchev–Trinajstić information content (AvgIpc) is 2.38. The third-order valence-corrected chi connectivity index (χ3v) is 3.85. The van der Waals surface area contributed by atoms with Crippen LogP contribution in [0.3, 0.4) is 0 Å². The van der Waals surface area contributed by atoms with Gasteiger partial charge in [0.1, 0.15) is 5.82 Å². The van der Waals surface area contributed by atoms with Crippen molar-refractivity contribution in [3.63, 3.8) is 0 Å². The maximum Gasteiger partial charge on any atom is 0.224 e. The Morgan fingerprint density at radius 3 is 2.50 bits per heavy atom. The van der Waals surface area contributed by atoms with Crippen molar-refractivity contribution >= 4 is 21.6 Å². The number of benzene rings is 1. The molecule has 0 aliphatic rings. The minimum absolute atomic E-state index is 0.327. The largest absolute Gasteiger partial charge is 0.384 e. The number of anilines is 2. The predicted octanol–water partition coefficient (Wildman–Crippen LogP) is 1.12. The van der Waals surface area contributed by atoms with Gasteiger partial charge in [0.25, 0.3) is 0 Å². The zero-order valence-corrected chi connectivity index (χ0v) is 11.9. The Labute approximate surface area is 118 Å². The SMILES string of the molecule is CS(=O)(=O)c1ccc(CCNc2nccc(N)n2)cc1. The molecule has 106 valence electrons. The van der Waals surface area contributed by atoms with E-state index in [1.165, 1.54) is 6.26 Å². The maximum absolute atomic E-state index is 11.3. The van der Waals surface area contributed by atoms with Gasteiger partial charge in [-0.15, -0.1) is 0 Å². The average molecular weight is 292 g/mol. The lowest BCUT2D eigenvalue weighted by Crippen LogP contribution is -2.08. The van der Waals surface area contributed by atoms with Crippen LogP contribution in [0.1, 0.15) is 5.56 Å². The highest BCUT2D eigenvalue weighted by atomic mass is 32.2. The summed E-state index contributed by atoms with van der Waals surface area (Å²) in [7, 11) is -3.14. The van der Waals surface area contributed by atoms with Gasteiger partial charge >= 0.3 is 0 Å². The molecular formula is C13H16N4O2S. The number of nitrogen functional groups attached to an aromatic ring is 1. The number of aromatic nitrogens is 2. The monoisotopic (exact) mass is 292 g/mol. The number of hydrogen-bond acceptors (Lipinski definition) is 6. The molecule has 0 aliphatic heterocycles. The highest BCUT2D eigenvalue weighted by Gasteiger charge is 2.05. The van der Waals surface area contributed by atoms with Crippen molar-refractivity contribution in [3.05, 3.63) is 42.1 Å². The summed E-state index contributed by atoms with van der Waals surface area (Å²) in [6.07, 6.45) is 3.52. The molecule has 7 heteroatoms. The molecule has 6 nitrogen and oxygen atoms in total. The molecule has 0 atom stereocenters.